The topological polar surface area (TPSA) is 62.0 Å². The van der Waals surface area contributed by atoms with Crippen molar-refractivity contribution in [3.8, 4) is 6.07 Å². The van der Waals surface area contributed by atoms with Crippen molar-refractivity contribution in [1.82, 2.24) is 9.97 Å². The Labute approximate surface area is 104 Å². The molecule has 0 fully saturated rings. The summed E-state index contributed by atoms with van der Waals surface area (Å²) >= 11 is 5.62. The van der Waals surface area contributed by atoms with Gasteiger partial charge in [0.25, 0.3) is 0 Å². The molecule has 0 aromatic carbocycles. The number of rotatable bonds is 6. The molecule has 0 N–H and O–H groups in total. The quantitative estimate of drug-likeness (QED) is 0.726. The number of methoxy groups -OCH3 is 1. The van der Waals surface area contributed by atoms with Crippen LogP contribution in [0.2, 0.25) is 5.28 Å². The van der Waals surface area contributed by atoms with Crippen LogP contribution in [0, 0.1) is 17.1 Å². The SMILES string of the molecule is COCCN(CCC#N)c1nc(Cl)ncc1F. The number of nitrogens with zero attached hydrogens (tertiary/aromatic N) is 4. The summed E-state index contributed by atoms with van der Waals surface area (Å²) in [6.07, 6.45) is 1.28. The van der Waals surface area contributed by atoms with Gasteiger partial charge in [-0.3, -0.25) is 0 Å². The molecular formula is C10H12ClFN4O. The highest BCUT2D eigenvalue weighted by Gasteiger charge is 2.14. The van der Waals surface area contributed by atoms with Crippen molar-refractivity contribution < 1.29 is 9.13 Å². The molecule has 17 heavy (non-hydrogen) atoms. The van der Waals surface area contributed by atoms with Gasteiger partial charge in [-0.1, -0.05) is 0 Å². The van der Waals surface area contributed by atoms with E-state index in [2.05, 4.69) is 9.97 Å². The first-order valence-corrected chi connectivity index (χ1v) is 5.35. The van der Waals surface area contributed by atoms with E-state index in [9.17, 15) is 4.39 Å². The lowest BCUT2D eigenvalue weighted by Crippen LogP contribution is -2.30. The molecule has 0 unspecified atom stereocenters. The highest BCUT2D eigenvalue weighted by molar-refractivity contribution is 6.28. The monoisotopic (exact) mass is 258 g/mol. The Kier molecular flexibility index (Phi) is 5.60. The number of hydrogen-bond donors (Lipinski definition) is 0. The number of anilines is 1. The minimum absolute atomic E-state index is 0.0271. The maximum absolute atomic E-state index is 13.5. The lowest BCUT2D eigenvalue weighted by atomic mass is 10.3. The van der Waals surface area contributed by atoms with Gasteiger partial charge in [0.1, 0.15) is 0 Å². The Morgan fingerprint density at radius 3 is 3.00 bits per heavy atom. The molecule has 0 saturated heterocycles. The molecule has 0 bridgehead atoms. The Bertz CT molecular complexity index is 410. The molecule has 0 atom stereocenters. The summed E-state index contributed by atoms with van der Waals surface area (Å²) in [7, 11) is 1.55. The van der Waals surface area contributed by atoms with E-state index in [-0.39, 0.29) is 17.5 Å². The average molecular weight is 259 g/mol. The summed E-state index contributed by atoms with van der Waals surface area (Å²) in [6.45, 7) is 1.21. The third-order valence-electron chi connectivity index (χ3n) is 2.05. The van der Waals surface area contributed by atoms with Crippen LogP contribution in [0.25, 0.3) is 0 Å². The second kappa shape index (κ2) is 6.99. The summed E-state index contributed by atoms with van der Waals surface area (Å²) in [6, 6.07) is 2.00. The molecule has 1 aromatic heterocycles. The van der Waals surface area contributed by atoms with Crippen molar-refractivity contribution in [3.05, 3.63) is 17.3 Å². The molecule has 7 heteroatoms. The van der Waals surface area contributed by atoms with Crippen LogP contribution in [0.15, 0.2) is 6.20 Å². The molecule has 0 spiro atoms. The van der Waals surface area contributed by atoms with Gasteiger partial charge in [0.2, 0.25) is 5.28 Å². The molecule has 0 radical (unpaired) electrons. The van der Waals surface area contributed by atoms with Gasteiger partial charge in [-0.2, -0.15) is 10.2 Å². The average Bonchev–Trinajstić information content (AvgIpc) is 2.33. The van der Waals surface area contributed by atoms with E-state index in [1.807, 2.05) is 6.07 Å². The molecular weight excluding hydrogens is 247 g/mol. The van der Waals surface area contributed by atoms with Crippen molar-refractivity contribution in [3.63, 3.8) is 0 Å². The largest absolute Gasteiger partial charge is 0.383 e. The third kappa shape index (κ3) is 4.13. The van der Waals surface area contributed by atoms with Crippen LogP contribution in [0.4, 0.5) is 10.2 Å². The van der Waals surface area contributed by atoms with Gasteiger partial charge in [-0.25, -0.2) is 9.37 Å². The molecule has 0 aliphatic rings. The summed E-state index contributed by atoms with van der Waals surface area (Å²) in [5.41, 5.74) is 0. The summed E-state index contributed by atoms with van der Waals surface area (Å²) in [5.74, 6) is -0.472. The first kappa shape index (κ1) is 13.6. The van der Waals surface area contributed by atoms with E-state index < -0.39 is 5.82 Å². The van der Waals surface area contributed by atoms with Crippen molar-refractivity contribution in [2.75, 3.05) is 31.7 Å². The number of hydrogen-bond acceptors (Lipinski definition) is 5. The Morgan fingerprint density at radius 2 is 2.35 bits per heavy atom. The smallest absolute Gasteiger partial charge is 0.224 e. The third-order valence-corrected chi connectivity index (χ3v) is 2.24. The maximum atomic E-state index is 13.5. The molecule has 0 aliphatic carbocycles. The van der Waals surface area contributed by atoms with Gasteiger partial charge in [-0.15, -0.1) is 0 Å². The number of halogens is 2. The molecule has 0 amide bonds. The number of nitriles is 1. The molecule has 1 rings (SSSR count). The Hall–Kier alpha value is -1.45. The van der Waals surface area contributed by atoms with Crippen LogP contribution >= 0.6 is 11.6 Å². The lowest BCUT2D eigenvalue weighted by molar-refractivity contribution is 0.205. The normalized spacial score (nSPS) is 10.0. The van der Waals surface area contributed by atoms with Gasteiger partial charge >= 0.3 is 0 Å². The second-order valence-corrected chi connectivity index (χ2v) is 3.54. The maximum Gasteiger partial charge on any atom is 0.224 e. The standard InChI is InChI=1S/C10H12ClFN4O/c1-17-6-5-16(4-2-3-13)9-8(12)7-14-10(11)15-9/h7H,2,4-6H2,1H3. The van der Waals surface area contributed by atoms with Crippen LogP contribution in [0.1, 0.15) is 6.42 Å². The van der Waals surface area contributed by atoms with Crippen molar-refractivity contribution in [1.29, 1.82) is 5.26 Å². The fourth-order valence-electron chi connectivity index (χ4n) is 1.27. The Balaban J connectivity index is 2.86. The van der Waals surface area contributed by atoms with E-state index in [0.717, 1.165) is 6.20 Å². The highest BCUT2D eigenvalue weighted by atomic mass is 35.5. The number of aromatic nitrogens is 2. The minimum atomic E-state index is -0.566. The van der Waals surface area contributed by atoms with Crippen LogP contribution in [0.3, 0.4) is 0 Å². The van der Waals surface area contributed by atoms with Gasteiger partial charge < -0.3 is 9.64 Å². The predicted octanol–water partition coefficient (Wildman–Crippen LogP) is 1.64. The molecule has 5 nitrogen and oxygen atoms in total. The Morgan fingerprint density at radius 1 is 1.59 bits per heavy atom. The van der Waals surface area contributed by atoms with Gasteiger partial charge in [0.15, 0.2) is 11.6 Å². The molecule has 92 valence electrons. The van der Waals surface area contributed by atoms with Gasteiger partial charge in [-0.05, 0) is 11.6 Å². The van der Waals surface area contributed by atoms with Gasteiger partial charge in [0, 0.05) is 20.2 Å². The fourth-order valence-corrected chi connectivity index (χ4v) is 1.40. The lowest BCUT2D eigenvalue weighted by Gasteiger charge is -2.22. The summed E-state index contributed by atoms with van der Waals surface area (Å²) in [5, 5.41) is 8.52. The van der Waals surface area contributed by atoms with E-state index in [1.54, 1.807) is 12.0 Å². The zero-order valence-corrected chi connectivity index (χ0v) is 10.1. The molecule has 1 heterocycles. The highest BCUT2D eigenvalue weighted by Crippen LogP contribution is 2.17. The first-order chi connectivity index (χ1) is 8.19. The van der Waals surface area contributed by atoms with Crippen molar-refractivity contribution >= 4 is 17.4 Å². The van der Waals surface area contributed by atoms with E-state index in [0.29, 0.717) is 19.7 Å². The zero-order chi connectivity index (χ0) is 12.7. The van der Waals surface area contributed by atoms with Crippen LogP contribution in [-0.2, 0) is 4.74 Å². The van der Waals surface area contributed by atoms with Crippen LogP contribution in [0.5, 0.6) is 0 Å². The zero-order valence-electron chi connectivity index (χ0n) is 9.36. The first-order valence-electron chi connectivity index (χ1n) is 4.98. The van der Waals surface area contributed by atoms with Crippen LogP contribution in [-0.4, -0.2) is 36.8 Å². The summed E-state index contributed by atoms with van der Waals surface area (Å²) < 4.78 is 18.4. The van der Waals surface area contributed by atoms with Crippen LogP contribution < -0.4 is 4.90 Å². The van der Waals surface area contributed by atoms with E-state index >= 15 is 0 Å². The fraction of sp³-hybridized carbons (Fsp3) is 0.500. The van der Waals surface area contributed by atoms with Gasteiger partial charge in [0.05, 0.1) is 25.3 Å². The van der Waals surface area contributed by atoms with Crippen molar-refractivity contribution in [2.45, 2.75) is 6.42 Å². The molecule has 0 aliphatic heterocycles. The molecule has 1 aromatic rings. The minimum Gasteiger partial charge on any atom is -0.383 e. The second-order valence-electron chi connectivity index (χ2n) is 3.20. The van der Waals surface area contributed by atoms with E-state index in [1.165, 1.54) is 0 Å². The summed E-state index contributed by atoms with van der Waals surface area (Å²) in [4.78, 5) is 8.96. The van der Waals surface area contributed by atoms with Crippen molar-refractivity contribution in [2.24, 2.45) is 0 Å². The molecule has 0 saturated carbocycles. The number of ether oxygens (including phenoxy) is 1. The predicted molar refractivity (Wildman–Crippen MR) is 61.3 cm³/mol. The van der Waals surface area contributed by atoms with E-state index in [4.69, 9.17) is 21.6 Å².